The molecule has 0 atom stereocenters. The summed E-state index contributed by atoms with van der Waals surface area (Å²) in [7, 11) is 0. The quantitative estimate of drug-likeness (QED) is 0.641. The Kier molecular flexibility index (Phi) is 6.25. The number of rotatable bonds is 6. The van der Waals surface area contributed by atoms with Crippen LogP contribution >= 0.6 is 0 Å². The van der Waals surface area contributed by atoms with E-state index in [-0.39, 0.29) is 18.6 Å². The van der Waals surface area contributed by atoms with Crippen molar-refractivity contribution in [2.45, 2.75) is 59.1 Å². The zero-order valence-electron chi connectivity index (χ0n) is 18.1. The van der Waals surface area contributed by atoms with Crippen molar-refractivity contribution in [3.05, 3.63) is 53.4 Å². The minimum atomic E-state index is -0.192. The number of pyridine rings is 1. The third kappa shape index (κ3) is 5.07. The van der Waals surface area contributed by atoms with Crippen LogP contribution in [-0.2, 0) is 6.61 Å². The van der Waals surface area contributed by atoms with Gasteiger partial charge in [-0.1, -0.05) is 12.1 Å². The number of hydrogen-bond acceptors (Lipinski definition) is 7. The molecule has 0 bridgehead atoms. The van der Waals surface area contributed by atoms with Crippen LogP contribution in [0.5, 0.6) is 5.88 Å². The fourth-order valence-corrected chi connectivity index (χ4v) is 3.71. The molecule has 1 fully saturated rings. The zero-order chi connectivity index (χ0) is 21.8. The summed E-state index contributed by atoms with van der Waals surface area (Å²) < 4.78 is 11.1. The Bertz CT molecular complexity index is 1020. The van der Waals surface area contributed by atoms with E-state index in [1.165, 1.54) is 12.4 Å². The van der Waals surface area contributed by atoms with Crippen molar-refractivity contribution < 1.29 is 14.1 Å². The molecule has 0 spiro atoms. The summed E-state index contributed by atoms with van der Waals surface area (Å²) in [6.07, 6.45) is 8.99. The molecule has 8 nitrogen and oxygen atoms in total. The first kappa shape index (κ1) is 21.0. The molecular weight excluding hydrogens is 394 g/mol. The summed E-state index contributed by atoms with van der Waals surface area (Å²) in [5, 5.41) is 7.20. The molecule has 3 heterocycles. The third-order valence-corrected chi connectivity index (χ3v) is 5.75. The van der Waals surface area contributed by atoms with Crippen LogP contribution in [0, 0.1) is 19.8 Å². The second kappa shape index (κ2) is 9.24. The van der Waals surface area contributed by atoms with E-state index in [2.05, 4.69) is 32.3 Å². The molecule has 3 aromatic heterocycles. The van der Waals surface area contributed by atoms with Gasteiger partial charge in [0.05, 0.1) is 18.0 Å². The van der Waals surface area contributed by atoms with Crippen molar-refractivity contribution in [3.8, 4) is 17.1 Å². The smallest absolute Gasteiger partial charge is 0.271 e. The molecule has 8 heteroatoms. The van der Waals surface area contributed by atoms with Crippen LogP contribution in [0.3, 0.4) is 0 Å². The number of hydrogen-bond donors (Lipinski definition) is 1. The molecule has 0 unspecified atom stereocenters. The van der Waals surface area contributed by atoms with Crippen LogP contribution in [0.4, 0.5) is 0 Å². The molecule has 162 valence electrons. The summed E-state index contributed by atoms with van der Waals surface area (Å²) in [6.45, 7) is 6.24. The van der Waals surface area contributed by atoms with Gasteiger partial charge < -0.3 is 14.6 Å². The lowest BCUT2D eigenvalue weighted by molar-refractivity contribution is 0.0917. The second-order valence-electron chi connectivity index (χ2n) is 8.21. The minimum absolute atomic E-state index is 0.192. The van der Waals surface area contributed by atoms with Gasteiger partial charge in [0.25, 0.3) is 5.91 Å². The topological polar surface area (TPSA) is 103 Å². The SMILES string of the molecule is Cc1ccc(-c2noc(C)c2COc2cnc(C(=O)NC3CCC(C)CC3)cn2)cn1. The molecule has 1 N–H and O–H groups in total. The van der Waals surface area contributed by atoms with Gasteiger partial charge in [0.1, 0.15) is 23.8 Å². The summed E-state index contributed by atoms with van der Waals surface area (Å²) in [4.78, 5) is 25.2. The maximum atomic E-state index is 12.4. The monoisotopic (exact) mass is 421 g/mol. The van der Waals surface area contributed by atoms with E-state index >= 15 is 0 Å². The summed E-state index contributed by atoms with van der Waals surface area (Å²) in [5.41, 5.74) is 3.59. The molecule has 31 heavy (non-hydrogen) atoms. The van der Waals surface area contributed by atoms with Gasteiger partial charge in [-0.05, 0) is 57.6 Å². The number of nitrogens with zero attached hydrogens (tertiary/aromatic N) is 4. The van der Waals surface area contributed by atoms with Crippen molar-refractivity contribution in [2.75, 3.05) is 0 Å². The Balaban J connectivity index is 1.37. The van der Waals surface area contributed by atoms with E-state index in [1.807, 2.05) is 26.0 Å². The number of carbonyl (C=O) groups excluding carboxylic acids is 1. The molecule has 0 aliphatic heterocycles. The summed E-state index contributed by atoms with van der Waals surface area (Å²) in [5.74, 6) is 1.54. The van der Waals surface area contributed by atoms with Gasteiger partial charge in [0.15, 0.2) is 0 Å². The molecular formula is C23H27N5O3. The lowest BCUT2D eigenvalue weighted by Gasteiger charge is -2.26. The highest BCUT2D eigenvalue weighted by atomic mass is 16.5. The number of carbonyl (C=O) groups is 1. The first-order valence-electron chi connectivity index (χ1n) is 10.6. The maximum absolute atomic E-state index is 12.4. The van der Waals surface area contributed by atoms with Gasteiger partial charge in [-0.25, -0.2) is 9.97 Å². The molecule has 1 saturated carbocycles. The van der Waals surface area contributed by atoms with Gasteiger partial charge in [-0.15, -0.1) is 0 Å². The summed E-state index contributed by atoms with van der Waals surface area (Å²) in [6, 6.07) is 4.09. The standard InChI is InChI=1S/C23H27N5O3/c1-14-4-8-18(9-5-14)27-23(29)20-11-26-21(12-25-20)30-13-19-16(3)31-28-22(19)17-7-6-15(2)24-10-17/h6-7,10-12,14,18H,4-5,8-9,13H2,1-3H3,(H,27,29). The Morgan fingerprint density at radius 1 is 1.10 bits per heavy atom. The van der Waals surface area contributed by atoms with Crippen LogP contribution in [0.2, 0.25) is 0 Å². The number of aromatic nitrogens is 4. The van der Waals surface area contributed by atoms with Crippen LogP contribution in [0.25, 0.3) is 11.3 Å². The number of aryl methyl sites for hydroxylation is 2. The molecule has 0 radical (unpaired) electrons. The second-order valence-corrected chi connectivity index (χ2v) is 8.21. The third-order valence-electron chi connectivity index (χ3n) is 5.75. The van der Waals surface area contributed by atoms with E-state index < -0.39 is 0 Å². The van der Waals surface area contributed by atoms with E-state index in [1.54, 1.807) is 6.20 Å². The van der Waals surface area contributed by atoms with Crippen molar-refractivity contribution in [2.24, 2.45) is 5.92 Å². The van der Waals surface area contributed by atoms with E-state index in [4.69, 9.17) is 9.26 Å². The van der Waals surface area contributed by atoms with Gasteiger partial charge >= 0.3 is 0 Å². The molecule has 1 amide bonds. The van der Waals surface area contributed by atoms with Gasteiger partial charge in [-0.2, -0.15) is 0 Å². The zero-order valence-corrected chi connectivity index (χ0v) is 18.1. The first-order valence-corrected chi connectivity index (χ1v) is 10.6. The fourth-order valence-electron chi connectivity index (χ4n) is 3.71. The number of nitrogens with one attached hydrogen (secondary N) is 1. The van der Waals surface area contributed by atoms with Crippen molar-refractivity contribution in [1.29, 1.82) is 0 Å². The van der Waals surface area contributed by atoms with Crippen molar-refractivity contribution in [1.82, 2.24) is 25.4 Å². The fraction of sp³-hybridized carbons (Fsp3) is 0.435. The van der Waals surface area contributed by atoms with Crippen LogP contribution in [-0.4, -0.2) is 32.1 Å². The lowest BCUT2D eigenvalue weighted by atomic mass is 9.87. The van der Waals surface area contributed by atoms with Crippen molar-refractivity contribution in [3.63, 3.8) is 0 Å². The molecule has 3 aromatic rings. The predicted octanol–water partition coefficient (Wildman–Crippen LogP) is 4.03. The Hall–Kier alpha value is -3.29. The highest BCUT2D eigenvalue weighted by Crippen LogP contribution is 2.26. The predicted molar refractivity (Wildman–Crippen MR) is 114 cm³/mol. The molecule has 4 rings (SSSR count). The highest BCUT2D eigenvalue weighted by molar-refractivity contribution is 5.92. The lowest BCUT2D eigenvalue weighted by Crippen LogP contribution is -2.37. The molecule has 1 aliphatic carbocycles. The van der Waals surface area contributed by atoms with E-state index in [9.17, 15) is 4.79 Å². The normalized spacial score (nSPS) is 18.5. The van der Waals surface area contributed by atoms with Gasteiger partial charge in [0, 0.05) is 23.5 Å². The average Bonchev–Trinajstić information content (AvgIpc) is 3.15. The molecule has 1 aliphatic rings. The van der Waals surface area contributed by atoms with Crippen LogP contribution in [0.1, 0.15) is 60.1 Å². The largest absolute Gasteiger partial charge is 0.471 e. The molecule has 0 saturated heterocycles. The Labute approximate surface area is 181 Å². The van der Waals surface area contributed by atoms with E-state index in [0.29, 0.717) is 23.0 Å². The summed E-state index contributed by atoms with van der Waals surface area (Å²) >= 11 is 0. The van der Waals surface area contributed by atoms with Crippen molar-refractivity contribution >= 4 is 5.91 Å². The number of ether oxygens (including phenoxy) is 1. The Morgan fingerprint density at radius 3 is 2.58 bits per heavy atom. The molecule has 0 aromatic carbocycles. The minimum Gasteiger partial charge on any atom is -0.471 e. The Morgan fingerprint density at radius 2 is 1.90 bits per heavy atom. The highest BCUT2D eigenvalue weighted by Gasteiger charge is 2.21. The number of amides is 1. The van der Waals surface area contributed by atoms with E-state index in [0.717, 1.165) is 48.4 Å². The van der Waals surface area contributed by atoms with Gasteiger partial charge in [0.2, 0.25) is 5.88 Å². The van der Waals surface area contributed by atoms with Crippen LogP contribution < -0.4 is 10.1 Å². The van der Waals surface area contributed by atoms with Gasteiger partial charge in [-0.3, -0.25) is 9.78 Å². The average molecular weight is 422 g/mol. The maximum Gasteiger partial charge on any atom is 0.271 e. The van der Waals surface area contributed by atoms with Crippen LogP contribution in [0.15, 0.2) is 35.2 Å². The first-order chi connectivity index (χ1) is 15.0.